The van der Waals surface area contributed by atoms with Gasteiger partial charge in [0.1, 0.15) is 15.5 Å². The number of rotatable bonds is 5. The highest BCUT2D eigenvalue weighted by molar-refractivity contribution is 7.92. The average molecular weight is 471 g/mol. The van der Waals surface area contributed by atoms with Crippen molar-refractivity contribution in [3.63, 3.8) is 0 Å². The fourth-order valence-corrected chi connectivity index (χ4v) is 5.10. The van der Waals surface area contributed by atoms with Crippen molar-refractivity contribution in [3.8, 4) is 17.6 Å². The molecular weight excluding hydrogens is 452 g/mol. The standard InChI is InChI=1S/C22H18N2O6S2/c1-30-19-15-18(14-13-17(19)12-11-16-7-3-2-4-8-16)22(25)24-32(28,29)21-10-6-5-9-20(21)31(23,26)27/h2-10,13-15H,1H3,(H,24,25)(H2,23,26,27). The van der Waals surface area contributed by atoms with E-state index >= 15 is 0 Å². The highest BCUT2D eigenvalue weighted by Crippen LogP contribution is 2.22. The second kappa shape index (κ2) is 9.23. The molecule has 0 aromatic heterocycles. The Labute approximate surface area is 186 Å². The van der Waals surface area contributed by atoms with Crippen molar-refractivity contribution in [1.29, 1.82) is 0 Å². The van der Waals surface area contributed by atoms with E-state index in [1.807, 2.05) is 35.1 Å². The average Bonchev–Trinajstić information content (AvgIpc) is 2.77. The number of carbonyl (C=O) groups excluding carboxylic acids is 1. The van der Waals surface area contributed by atoms with Gasteiger partial charge in [0.2, 0.25) is 10.0 Å². The van der Waals surface area contributed by atoms with Gasteiger partial charge in [-0.25, -0.2) is 26.7 Å². The van der Waals surface area contributed by atoms with Crippen molar-refractivity contribution in [2.24, 2.45) is 5.14 Å². The lowest BCUT2D eigenvalue weighted by Gasteiger charge is -2.11. The van der Waals surface area contributed by atoms with E-state index < -0.39 is 35.7 Å². The smallest absolute Gasteiger partial charge is 0.265 e. The molecule has 0 aliphatic rings. The number of benzene rings is 3. The van der Waals surface area contributed by atoms with Crippen molar-refractivity contribution < 1.29 is 26.4 Å². The maximum Gasteiger partial charge on any atom is 0.265 e. The molecule has 32 heavy (non-hydrogen) atoms. The number of hydrogen-bond acceptors (Lipinski definition) is 6. The van der Waals surface area contributed by atoms with Crippen molar-refractivity contribution in [3.05, 3.63) is 89.5 Å². The molecule has 0 aliphatic heterocycles. The van der Waals surface area contributed by atoms with E-state index in [1.54, 1.807) is 0 Å². The summed E-state index contributed by atoms with van der Waals surface area (Å²) in [6, 6.07) is 18.2. The largest absolute Gasteiger partial charge is 0.495 e. The monoisotopic (exact) mass is 470 g/mol. The van der Waals surface area contributed by atoms with E-state index in [1.165, 1.54) is 37.4 Å². The molecule has 0 unspecified atom stereocenters. The fraction of sp³-hybridized carbons (Fsp3) is 0.0455. The molecule has 10 heteroatoms. The molecule has 0 saturated carbocycles. The molecule has 3 N–H and O–H groups in total. The van der Waals surface area contributed by atoms with E-state index in [9.17, 15) is 21.6 Å². The first-order valence-corrected chi connectivity index (χ1v) is 12.1. The molecule has 0 heterocycles. The predicted molar refractivity (Wildman–Crippen MR) is 118 cm³/mol. The molecule has 164 valence electrons. The molecule has 3 aromatic carbocycles. The summed E-state index contributed by atoms with van der Waals surface area (Å²) in [6.45, 7) is 0. The number of hydrogen-bond donors (Lipinski definition) is 2. The second-order valence-corrected chi connectivity index (χ2v) is 9.64. The molecule has 0 fully saturated rings. The van der Waals surface area contributed by atoms with Crippen molar-refractivity contribution in [1.82, 2.24) is 4.72 Å². The summed E-state index contributed by atoms with van der Waals surface area (Å²) in [6.07, 6.45) is 0. The SMILES string of the molecule is COc1cc(C(=O)NS(=O)(=O)c2ccccc2S(N)(=O)=O)ccc1C#Cc1ccccc1. The first-order valence-electron chi connectivity index (χ1n) is 9.06. The third kappa shape index (κ3) is 5.33. The Morgan fingerprint density at radius 1 is 0.875 bits per heavy atom. The van der Waals surface area contributed by atoms with Gasteiger partial charge in [-0.05, 0) is 42.5 Å². The lowest BCUT2D eigenvalue weighted by Crippen LogP contribution is -2.32. The van der Waals surface area contributed by atoms with Crippen LogP contribution in [-0.4, -0.2) is 29.9 Å². The van der Waals surface area contributed by atoms with Crippen LogP contribution in [0, 0.1) is 11.8 Å². The summed E-state index contributed by atoms with van der Waals surface area (Å²) in [5, 5.41) is 5.09. The maximum atomic E-state index is 12.7. The Morgan fingerprint density at radius 3 is 2.12 bits per heavy atom. The number of nitrogens with two attached hydrogens (primary N) is 1. The Hall–Kier alpha value is -3.65. The van der Waals surface area contributed by atoms with Gasteiger partial charge in [-0.1, -0.05) is 42.2 Å². The molecule has 3 rings (SSSR count). The molecule has 0 radical (unpaired) electrons. The van der Waals surface area contributed by atoms with Gasteiger partial charge in [0, 0.05) is 11.1 Å². The molecule has 0 spiro atoms. The Balaban J connectivity index is 1.90. The van der Waals surface area contributed by atoms with Gasteiger partial charge in [-0.2, -0.15) is 0 Å². The predicted octanol–water partition coefficient (Wildman–Crippen LogP) is 1.86. The topological polar surface area (TPSA) is 133 Å². The number of primary sulfonamides is 1. The van der Waals surface area contributed by atoms with Crippen LogP contribution in [0.3, 0.4) is 0 Å². The number of methoxy groups -OCH3 is 1. The summed E-state index contributed by atoms with van der Waals surface area (Å²) >= 11 is 0. The lowest BCUT2D eigenvalue weighted by molar-refractivity contribution is 0.0981. The van der Waals surface area contributed by atoms with E-state index in [0.717, 1.165) is 17.7 Å². The summed E-state index contributed by atoms with van der Waals surface area (Å²) in [4.78, 5) is 11.3. The Kier molecular flexibility index (Phi) is 6.64. The number of nitrogens with one attached hydrogen (secondary N) is 1. The molecule has 0 aliphatic carbocycles. The molecule has 1 amide bonds. The van der Waals surface area contributed by atoms with Gasteiger partial charge < -0.3 is 4.74 Å². The molecular formula is C22H18N2O6S2. The van der Waals surface area contributed by atoms with Crippen LogP contribution in [0.1, 0.15) is 21.5 Å². The van der Waals surface area contributed by atoms with Crippen LogP contribution in [0.2, 0.25) is 0 Å². The zero-order chi connectivity index (χ0) is 23.4. The van der Waals surface area contributed by atoms with Crippen molar-refractivity contribution in [2.75, 3.05) is 7.11 Å². The normalized spacial score (nSPS) is 11.2. The highest BCUT2D eigenvalue weighted by Gasteiger charge is 2.26. The number of ether oxygens (including phenoxy) is 1. The summed E-state index contributed by atoms with van der Waals surface area (Å²) in [5.74, 6) is 5.20. The summed E-state index contributed by atoms with van der Waals surface area (Å²) in [7, 11) is -7.46. The molecule has 0 atom stereocenters. The van der Waals surface area contributed by atoms with Crippen LogP contribution in [0.5, 0.6) is 5.75 Å². The third-order valence-electron chi connectivity index (χ3n) is 4.25. The second-order valence-electron chi connectivity index (χ2n) is 6.46. The summed E-state index contributed by atoms with van der Waals surface area (Å²) in [5.41, 5.74) is 1.26. The van der Waals surface area contributed by atoms with Crippen molar-refractivity contribution in [2.45, 2.75) is 9.79 Å². The van der Waals surface area contributed by atoms with Crippen LogP contribution < -0.4 is 14.6 Å². The van der Waals surface area contributed by atoms with Crippen molar-refractivity contribution >= 4 is 26.0 Å². The minimum absolute atomic E-state index is 0.0243. The zero-order valence-electron chi connectivity index (χ0n) is 16.8. The first-order chi connectivity index (χ1) is 15.1. The molecule has 8 nitrogen and oxygen atoms in total. The first kappa shape index (κ1) is 23.0. The quantitative estimate of drug-likeness (QED) is 0.547. The van der Waals surface area contributed by atoms with E-state index in [-0.39, 0.29) is 11.3 Å². The van der Waals surface area contributed by atoms with Gasteiger partial charge in [-0.3, -0.25) is 4.79 Å². The van der Waals surface area contributed by atoms with Gasteiger partial charge in [0.15, 0.2) is 0 Å². The van der Waals surface area contributed by atoms with E-state index in [2.05, 4.69) is 11.8 Å². The lowest BCUT2D eigenvalue weighted by atomic mass is 10.1. The third-order valence-corrected chi connectivity index (χ3v) is 6.74. The van der Waals surface area contributed by atoms with Crippen LogP contribution in [0.25, 0.3) is 0 Å². The van der Waals surface area contributed by atoms with Crippen LogP contribution >= 0.6 is 0 Å². The molecule has 3 aromatic rings. The van der Waals surface area contributed by atoms with Gasteiger partial charge >= 0.3 is 0 Å². The zero-order valence-corrected chi connectivity index (χ0v) is 18.4. The Morgan fingerprint density at radius 2 is 1.50 bits per heavy atom. The number of carbonyl (C=O) groups is 1. The fourth-order valence-electron chi connectivity index (χ4n) is 2.74. The van der Waals surface area contributed by atoms with Crippen LogP contribution in [0.4, 0.5) is 0 Å². The van der Waals surface area contributed by atoms with Crippen LogP contribution in [0.15, 0.2) is 82.6 Å². The maximum absolute atomic E-state index is 12.7. The highest BCUT2D eigenvalue weighted by atomic mass is 32.2. The van der Waals surface area contributed by atoms with Gasteiger partial charge in [0.25, 0.3) is 15.9 Å². The van der Waals surface area contributed by atoms with Gasteiger partial charge in [0.05, 0.1) is 12.7 Å². The Bertz CT molecular complexity index is 1440. The number of sulfonamides is 2. The van der Waals surface area contributed by atoms with Crippen LogP contribution in [-0.2, 0) is 20.0 Å². The number of amides is 1. The van der Waals surface area contributed by atoms with E-state index in [4.69, 9.17) is 9.88 Å². The van der Waals surface area contributed by atoms with E-state index in [0.29, 0.717) is 5.56 Å². The molecule has 0 saturated heterocycles. The molecule has 0 bridgehead atoms. The minimum atomic E-state index is -4.52. The minimum Gasteiger partial charge on any atom is -0.495 e. The summed E-state index contributed by atoms with van der Waals surface area (Å²) < 4.78 is 55.9. The van der Waals surface area contributed by atoms with Gasteiger partial charge in [-0.15, -0.1) is 0 Å².